The van der Waals surface area contributed by atoms with Crippen LogP contribution in [0.3, 0.4) is 0 Å². The molecule has 0 radical (unpaired) electrons. The van der Waals surface area contributed by atoms with Crippen molar-refractivity contribution in [3.05, 3.63) is 77.9 Å². The third-order valence-electron chi connectivity index (χ3n) is 8.71. The topological polar surface area (TPSA) is 20.3 Å². The smallest absolute Gasteiger partial charge is 0.100 e. The molecule has 3 aromatic rings. The average Bonchev–Trinajstić information content (AvgIpc) is 2.94. The van der Waals surface area contributed by atoms with Crippen molar-refractivity contribution >= 4 is 35.0 Å². The highest BCUT2D eigenvalue weighted by atomic mass is 32.2. The number of rotatable bonds is 7. The number of hydrogen-bond acceptors (Lipinski definition) is 1. The van der Waals surface area contributed by atoms with Crippen molar-refractivity contribution in [3.8, 4) is 0 Å². The minimum Gasteiger partial charge on any atom is -0.242 e. The molecule has 0 spiro atoms. The first-order chi connectivity index (χ1) is 18.4. The standard InChI is InChI=1S/C34H46NOPS/c1-34(2,3)38(36)35(4)33(30-24-15-17-26-16-11-12-22-29(26)30)31-23-13-14-25-32(31)37(27-18-7-5-8-19-27)28-20-9-6-10-21-28/h11-17,22-25,27-28,33H,5-10,18-21H2,1-4H3. The average molecular weight is 548 g/mol. The van der Waals surface area contributed by atoms with Crippen LogP contribution in [0.15, 0.2) is 66.7 Å². The van der Waals surface area contributed by atoms with Gasteiger partial charge in [0.15, 0.2) is 0 Å². The molecule has 0 amide bonds. The molecule has 0 aliphatic heterocycles. The van der Waals surface area contributed by atoms with Crippen molar-refractivity contribution in [1.82, 2.24) is 4.31 Å². The van der Waals surface area contributed by atoms with E-state index in [0.29, 0.717) is 0 Å². The third kappa shape index (κ3) is 5.96. The maximum atomic E-state index is 14.0. The molecule has 0 aromatic heterocycles. The number of fused-ring (bicyclic) bond motifs is 1. The fourth-order valence-electron chi connectivity index (χ4n) is 6.94. The van der Waals surface area contributed by atoms with Crippen LogP contribution in [-0.2, 0) is 11.0 Å². The normalized spacial score (nSPS) is 19.7. The van der Waals surface area contributed by atoms with Crippen LogP contribution in [0.4, 0.5) is 0 Å². The molecule has 2 nitrogen and oxygen atoms in total. The van der Waals surface area contributed by atoms with Crippen LogP contribution in [0.2, 0.25) is 0 Å². The van der Waals surface area contributed by atoms with Gasteiger partial charge in [-0.15, -0.1) is 0 Å². The molecule has 0 bridgehead atoms. The first kappa shape index (κ1) is 28.0. The fourth-order valence-corrected chi connectivity index (χ4v) is 12.2. The van der Waals surface area contributed by atoms with E-state index in [-0.39, 0.29) is 18.7 Å². The molecule has 2 atom stereocenters. The molecule has 2 saturated carbocycles. The van der Waals surface area contributed by atoms with Gasteiger partial charge >= 0.3 is 0 Å². The van der Waals surface area contributed by atoms with Gasteiger partial charge in [0.2, 0.25) is 0 Å². The number of hydrogen-bond donors (Lipinski definition) is 0. The Balaban J connectivity index is 1.69. The van der Waals surface area contributed by atoms with E-state index in [9.17, 15) is 4.21 Å². The van der Waals surface area contributed by atoms with Gasteiger partial charge in [-0.05, 0) is 85.0 Å². The monoisotopic (exact) mass is 547 g/mol. The Morgan fingerprint density at radius 1 is 0.737 bits per heavy atom. The van der Waals surface area contributed by atoms with E-state index in [1.807, 2.05) is 0 Å². The van der Waals surface area contributed by atoms with Gasteiger partial charge in [-0.2, -0.15) is 0 Å². The molecule has 5 rings (SSSR count). The van der Waals surface area contributed by atoms with E-state index in [4.69, 9.17) is 0 Å². The summed E-state index contributed by atoms with van der Waals surface area (Å²) in [7, 11) is 0.668. The zero-order chi connectivity index (χ0) is 26.7. The maximum absolute atomic E-state index is 14.0. The van der Waals surface area contributed by atoms with E-state index < -0.39 is 11.0 Å². The van der Waals surface area contributed by atoms with Crippen molar-refractivity contribution in [2.24, 2.45) is 0 Å². The summed E-state index contributed by atoms with van der Waals surface area (Å²) >= 11 is 0. The van der Waals surface area contributed by atoms with Crippen molar-refractivity contribution in [2.75, 3.05) is 7.05 Å². The lowest BCUT2D eigenvalue weighted by molar-refractivity contribution is 0.443. The number of benzene rings is 3. The first-order valence-electron chi connectivity index (χ1n) is 14.9. The van der Waals surface area contributed by atoms with Crippen molar-refractivity contribution in [2.45, 2.75) is 107 Å². The van der Waals surface area contributed by atoms with Crippen molar-refractivity contribution in [3.63, 3.8) is 0 Å². The van der Waals surface area contributed by atoms with Gasteiger partial charge in [0.1, 0.15) is 11.0 Å². The van der Waals surface area contributed by atoms with Crippen LogP contribution in [0.25, 0.3) is 10.8 Å². The van der Waals surface area contributed by atoms with Crippen molar-refractivity contribution < 1.29 is 4.21 Å². The van der Waals surface area contributed by atoms with E-state index in [2.05, 4.69) is 98.9 Å². The Hall–Kier alpha value is -1.54. The van der Waals surface area contributed by atoms with Crippen LogP contribution in [-0.4, -0.2) is 31.6 Å². The minimum atomic E-state index is -1.15. The predicted molar refractivity (Wildman–Crippen MR) is 168 cm³/mol. The maximum Gasteiger partial charge on any atom is 0.100 e. The van der Waals surface area contributed by atoms with Gasteiger partial charge in [0, 0.05) is 7.05 Å². The second kappa shape index (κ2) is 12.3. The highest BCUT2D eigenvalue weighted by molar-refractivity contribution is 7.84. The Kier molecular flexibility index (Phi) is 9.08. The molecule has 0 heterocycles. The summed E-state index contributed by atoms with van der Waals surface area (Å²) in [5.74, 6) is 0. The summed E-state index contributed by atoms with van der Waals surface area (Å²) in [4.78, 5) is 0. The van der Waals surface area contributed by atoms with Gasteiger partial charge in [-0.25, -0.2) is 8.51 Å². The molecular formula is C34H46NOPS. The highest BCUT2D eigenvalue weighted by Gasteiger charge is 2.37. The molecule has 2 aliphatic rings. The third-order valence-corrected chi connectivity index (χ3v) is 14.1. The SMILES string of the molecule is CN(C(c1ccccc1P(C1CCCCC1)C1CCCCC1)c1cccc2ccccc12)S(=O)C(C)(C)C. The van der Waals surface area contributed by atoms with Gasteiger partial charge in [-0.1, -0.05) is 113 Å². The van der Waals surface area contributed by atoms with Crippen LogP contribution >= 0.6 is 7.92 Å². The molecule has 2 fully saturated rings. The number of nitrogens with zero attached hydrogens (tertiary/aromatic N) is 1. The van der Waals surface area contributed by atoms with Gasteiger partial charge < -0.3 is 0 Å². The highest BCUT2D eigenvalue weighted by Crippen LogP contribution is 2.56. The van der Waals surface area contributed by atoms with Gasteiger partial charge in [0.05, 0.1) is 10.8 Å². The lowest BCUT2D eigenvalue weighted by Gasteiger charge is -2.41. The Bertz CT molecular complexity index is 1220. The summed E-state index contributed by atoms with van der Waals surface area (Å²) in [6.07, 6.45) is 13.9. The zero-order valence-electron chi connectivity index (χ0n) is 23.9. The Morgan fingerprint density at radius 2 is 1.26 bits per heavy atom. The largest absolute Gasteiger partial charge is 0.242 e. The molecule has 38 heavy (non-hydrogen) atoms. The summed E-state index contributed by atoms with van der Waals surface area (Å²) in [5.41, 5.74) is 4.33. The van der Waals surface area contributed by atoms with Crippen LogP contribution in [0.1, 0.15) is 102 Å². The summed E-state index contributed by atoms with van der Waals surface area (Å²) in [6, 6.07) is 24.7. The van der Waals surface area contributed by atoms with Crippen LogP contribution < -0.4 is 5.30 Å². The minimum absolute atomic E-state index is 0.0467. The second-order valence-electron chi connectivity index (χ2n) is 12.4. The molecule has 204 valence electrons. The van der Waals surface area contributed by atoms with Gasteiger partial charge in [-0.3, -0.25) is 0 Å². The molecular weight excluding hydrogens is 501 g/mol. The summed E-state index contributed by atoms with van der Waals surface area (Å²) in [6.45, 7) is 6.30. The van der Waals surface area contributed by atoms with E-state index in [1.165, 1.54) is 86.1 Å². The molecule has 0 N–H and O–H groups in total. The Morgan fingerprint density at radius 3 is 1.89 bits per heavy atom. The second-order valence-corrected chi connectivity index (χ2v) is 17.5. The van der Waals surface area contributed by atoms with Crippen LogP contribution in [0.5, 0.6) is 0 Å². The molecule has 2 unspecified atom stereocenters. The lowest BCUT2D eigenvalue weighted by Crippen LogP contribution is -2.39. The quantitative estimate of drug-likeness (QED) is 0.270. The van der Waals surface area contributed by atoms with Crippen molar-refractivity contribution in [1.29, 1.82) is 0 Å². The zero-order valence-corrected chi connectivity index (χ0v) is 25.6. The molecule has 4 heteroatoms. The van der Waals surface area contributed by atoms with E-state index >= 15 is 0 Å². The first-order valence-corrected chi connectivity index (χ1v) is 17.4. The van der Waals surface area contributed by atoms with E-state index in [1.54, 1.807) is 5.30 Å². The molecule has 3 aromatic carbocycles. The van der Waals surface area contributed by atoms with Crippen LogP contribution in [0, 0.1) is 0 Å². The van der Waals surface area contributed by atoms with E-state index in [0.717, 1.165) is 11.3 Å². The Labute approximate surface area is 234 Å². The summed E-state index contributed by atoms with van der Waals surface area (Å²) in [5, 5.41) is 4.12. The predicted octanol–water partition coefficient (Wildman–Crippen LogP) is 9.10. The molecule has 0 saturated heterocycles. The summed E-state index contributed by atoms with van der Waals surface area (Å²) < 4.78 is 15.9. The lowest BCUT2D eigenvalue weighted by atomic mass is 9.93. The fraction of sp³-hybridized carbons (Fsp3) is 0.529. The van der Waals surface area contributed by atoms with Gasteiger partial charge in [0.25, 0.3) is 0 Å². The molecule has 2 aliphatic carbocycles.